The molecule has 4 nitrogen and oxygen atoms in total. The van der Waals surface area contributed by atoms with Gasteiger partial charge in [-0.25, -0.2) is 4.68 Å². The largest absolute Gasteiger partial charge is 0.315 e. The Labute approximate surface area is 90.0 Å². The van der Waals surface area contributed by atoms with Gasteiger partial charge in [-0.15, -0.1) is 5.10 Å². The predicted molar refractivity (Wildman–Crippen MR) is 57.8 cm³/mol. The van der Waals surface area contributed by atoms with Crippen LogP contribution in [0.2, 0.25) is 0 Å². The number of nitrogens with zero attached hydrogens (tertiary/aromatic N) is 3. The summed E-state index contributed by atoms with van der Waals surface area (Å²) >= 11 is 0. The summed E-state index contributed by atoms with van der Waals surface area (Å²) in [6.45, 7) is 2.23. The van der Waals surface area contributed by atoms with E-state index in [2.05, 4.69) is 20.3 Å². The molecule has 1 aromatic rings. The van der Waals surface area contributed by atoms with Gasteiger partial charge in [0, 0.05) is 6.54 Å². The minimum absolute atomic E-state index is 0.549. The van der Waals surface area contributed by atoms with Crippen LogP contribution >= 0.6 is 0 Å². The van der Waals surface area contributed by atoms with Crippen LogP contribution in [0.15, 0.2) is 0 Å². The number of hydrogen-bond acceptors (Lipinski definition) is 3. The van der Waals surface area contributed by atoms with E-state index >= 15 is 0 Å². The molecule has 15 heavy (non-hydrogen) atoms. The van der Waals surface area contributed by atoms with E-state index in [4.69, 9.17) is 0 Å². The van der Waals surface area contributed by atoms with Crippen LogP contribution in [0, 0.1) is 0 Å². The molecule has 0 bridgehead atoms. The predicted octanol–water partition coefficient (Wildman–Crippen LogP) is 1.08. The highest BCUT2D eigenvalue weighted by molar-refractivity contribution is 5.14. The number of piperidine rings is 1. The Bertz CT molecular complexity index is 338. The molecule has 0 unspecified atom stereocenters. The minimum Gasteiger partial charge on any atom is -0.315 e. The van der Waals surface area contributed by atoms with Crippen LogP contribution in [0.5, 0.6) is 0 Å². The van der Waals surface area contributed by atoms with Crippen LogP contribution in [-0.2, 0) is 12.8 Å². The Morgan fingerprint density at radius 3 is 3.00 bits per heavy atom. The van der Waals surface area contributed by atoms with Gasteiger partial charge in [-0.2, -0.15) is 0 Å². The Kier molecular flexibility index (Phi) is 2.44. The van der Waals surface area contributed by atoms with Gasteiger partial charge in [0.2, 0.25) is 0 Å². The van der Waals surface area contributed by atoms with E-state index in [0.29, 0.717) is 6.04 Å². The topological polar surface area (TPSA) is 42.7 Å². The zero-order chi connectivity index (χ0) is 10.1. The molecule has 1 saturated heterocycles. The highest BCUT2D eigenvalue weighted by atomic mass is 15.4. The first-order valence-corrected chi connectivity index (χ1v) is 6.09. The fourth-order valence-electron chi connectivity index (χ4n) is 2.72. The molecule has 0 spiro atoms. The molecule has 0 aromatic carbocycles. The molecule has 1 atom stereocenters. The van der Waals surface area contributed by atoms with Crippen LogP contribution in [0.4, 0.5) is 0 Å². The highest BCUT2D eigenvalue weighted by Crippen LogP contribution is 2.24. The first kappa shape index (κ1) is 9.33. The monoisotopic (exact) mass is 206 g/mol. The third-order valence-corrected chi connectivity index (χ3v) is 3.57. The number of nitrogens with one attached hydrogen (secondary N) is 1. The minimum atomic E-state index is 0.549. The molecule has 1 aliphatic carbocycles. The standard InChI is InChI=1S/C11H18N4/c1-2-6-11-10(5-1)13-14-15(11)9-4-3-7-12-8-9/h9,12H,1-8H2/t9-/m0/s1. The summed E-state index contributed by atoms with van der Waals surface area (Å²) < 4.78 is 2.20. The number of rotatable bonds is 1. The van der Waals surface area contributed by atoms with E-state index in [1.165, 1.54) is 43.5 Å². The molecule has 1 aromatic heterocycles. The summed E-state index contributed by atoms with van der Waals surface area (Å²) in [5, 5.41) is 12.1. The number of fused-ring (bicyclic) bond motifs is 1. The molecule has 4 heteroatoms. The zero-order valence-electron chi connectivity index (χ0n) is 9.08. The summed E-state index contributed by atoms with van der Waals surface area (Å²) in [4.78, 5) is 0. The quantitative estimate of drug-likeness (QED) is 0.747. The molecular formula is C11H18N4. The lowest BCUT2D eigenvalue weighted by atomic mass is 10.00. The van der Waals surface area contributed by atoms with E-state index in [1.807, 2.05) is 0 Å². The Morgan fingerprint density at radius 2 is 2.13 bits per heavy atom. The fraction of sp³-hybridized carbons (Fsp3) is 0.818. The molecular weight excluding hydrogens is 188 g/mol. The van der Waals surface area contributed by atoms with Crippen molar-refractivity contribution in [3.8, 4) is 0 Å². The third-order valence-electron chi connectivity index (χ3n) is 3.57. The van der Waals surface area contributed by atoms with Crippen molar-refractivity contribution in [1.29, 1.82) is 0 Å². The summed E-state index contributed by atoms with van der Waals surface area (Å²) in [6.07, 6.45) is 7.42. The molecule has 1 N–H and O–H groups in total. The molecule has 0 saturated carbocycles. The van der Waals surface area contributed by atoms with Gasteiger partial charge in [0.05, 0.1) is 17.4 Å². The van der Waals surface area contributed by atoms with Crippen molar-refractivity contribution in [2.45, 2.75) is 44.6 Å². The average Bonchev–Trinajstić information content (AvgIpc) is 2.74. The first-order valence-electron chi connectivity index (χ1n) is 6.09. The van der Waals surface area contributed by atoms with Gasteiger partial charge in [0.1, 0.15) is 0 Å². The molecule has 3 rings (SSSR count). The van der Waals surface area contributed by atoms with Crippen LogP contribution in [-0.4, -0.2) is 28.1 Å². The maximum Gasteiger partial charge on any atom is 0.0859 e. The Morgan fingerprint density at radius 1 is 1.20 bits per heavy atom. The maximum atomic E-state index is 4.35. The van der Waals surface area contributed by atoms with E-state index in [1.54, 1.807) is 0 Å². The number of hydrogen-bond donors (Lipinski definition) is 1. The Balaban J connectivity index is 1.87. The Hall–Kier alpha value is -0.900. The second-order valence-electron chi connectivity index (χ2n) is 4.63. The van der Waals surface area contributed by atoms with Gasteiger partial charge in [0.15, 0.2) is 0 Å². The van der Waals surface area contributed by atoms with Crippen molar-refractivity contribution >= 4 is 0 Å². The maximum absolute atomic E-state index is 4.35. The van der Waals surface area contributed by atoms with E-state index in [-0.39, 0.29) is 0 Å². The van der Waals surface area contributed by atoms with Crippen molar-refractivity contribution in [1.82, 2.24) is 20.3 Å². The van der Waals surface area contributed by atoms with Gasteiger partial charge >= 0.3 is 0 Å². The van der Waals surface area contributed by atoms with E-state index < -0.39 is 0 Å². The summed E-state index contributed by atoms with van der Waals surface area (Å²) in [5.74, 6) is 0. The third kappa shape index (κ3) is 1.67. The molecule has 1 fully saturated rings. The van der Waals surface area contributed by atoms with Crippen LogP contribution in [0.25, 0.3) is 0 Å². The van der Waals surface area contributed by atoms with Crippen molar-refractivity contribution in [2.75, 3.05) is 13.1 Å². The van der Waals surface area contributed by atoms with Crippen molar-refractivity contribution in [3.63, 3.8) is 0 Å². The van der Waals surface area contributed by atoms with Crippen molar-refractivity contribution in [3.05, 3.63) is 11.4 Å². The lowest BCUT2D eigenvalue weighted by molar-refractivity contribution is 0.332. The SMILES string of the molecule is C1CCc2c(nnn2[C@H]2CCCNC2)C1. The van der Waals surface area contributed by atoms with Gasteiger partial charge in [0.25, 0.3) is 0 Å². The molecule has 1 aliphatic heterocycles. The second kappa shape index (κ2) is 3.93. The molecule has 0 radical (unpaired) electrons. The smallest absolute Gasteiger partial charge is 0.0859 e. The summed E-state index contributed by atoms with van der Waals surface area (Å²) in [7, 11) is 0. The van der Waals surface area contributed by atoms with Crippen LogP contribution in [0.3, 0.4) is 0 Å². The average molecular weight is 206 g/mol. The molecule has 0 amide bonds. The first-order chi connectivity index (χ1) is 7.45. The van der Waals surface area contributed by atoms with Crippen LogP contribution in [0.1, 0.15) is 43.1 Å². The normalized spacial score (nSPS) is 26.3. The summed E-state index contributed by atoms with van der Waals surface area (Å²) in [5.41, 5.74) is 2.67. The lowest BCUT2D eigenvalue weighted by Gasteiger charge is -2.25. The summed E-state index contributed by atoms with van der Waals surface area (Å²) in [6, 6.07) is 0.549. The van der Waals surface area contributed by atoms with E-state index in [9.17, 15) is 0 Å². The molecule has 2 heterocycles. The van der Waals surface area contributed by atoms with Gasteiger partial charge in [-0.1, -0.05) is 5.21 Å². The van der Waals surface area contributed by atoms with E-state index in [0.717, 1.165) is 19.5 Å². The molecule has 2 aliphatic rings. The molecule has 82 valence electrons. The highest BCUT2D eigenvalue weighted by Gasteiger charge is 2.23. The van der Waals surface area contributed by atoms with Crippen LogP contribution < -0.4 is 5.32 Å². The lowest BCUT2D eigenvalue weighted by Crippen LogP contribution is -2.33. The van der Waals surface area contributed by atoms with Gasteiger partial charge in [-0.3, -0.25) is 0 Å². The fourth-order valence-corrected chi connectivity index (χ4v) is 2.72. The van der Waals surface area contributed by atoms with Crippen molar-refractivity contribution < 1.29 is 0 Å². The van der Waals surface area contributed by atoms with Gasteiger partial charge < -0.3 is 5.32 Å². The number of aromatic nitrogens is 3. The number of aryl methyl sites for hydroxylation is 1. The van der Waals surface area contributed by atoms with Gasteiger partial charge in [-0.05, 0) is 45.1 Å². The van der Waals surface area contributed by atoms with Crippen molar-refractivity contribution in [2.24, 2.45) is 0 Å². The zero-order valence-corrected chi connectivity index (χ0v) is 9.08. The second-order valence-corrected chi connectivity index (χ2v) is 4.63.